The summed E-state index contributed by atoms with van der Waals surface area (Å²) < 4.78 is 10.6. The number of rotatable bonds is 13. The van der Waals surface area contributed by atoms with Gasteiger partial charge in [0.2, 0.25) is 0 Å². The highest BCUT2D eigenvalue weighted by atomic mass is 16.7. The van der Waals surface area contributed by atoms with Gasteiger partial charge in [-0.25, -0.2) is 20.5 Å². The minimum absolute atomic E-state index is 0.200. The molecule has 0 heterocycles. The van der Waals surface area contributed by atoms with Crippen LogP contribution in [0, 0.1) is 0 Å². The lowest BCUT2D eigenvalue weighted by molar-refractivity contribution is -0.0224. The SMILES string of the molecule is O=C(NOCCOCCOCCONC(=O)Nc1ccccc1)Nc1ccccc1. The van der Waals surface area contributed by atoms with Crippen LogP contribution in [-0.2, 0) is 19.1 Å². The summed E-state index contributed by atoms with van der Waals surface area (Å²) in [5.41, 5.74) is 5.87. The largest absolute Gasteiger partial charge is 0.377 e. The molecule has 0 bridgehead atoms. The molecule has 10 heteroatoms. The van der Waals surface area contributed by atoms with Gasteiger partial charge in [0.15, 0.2) is 0 Å². The first-order valence-electron chi connectivity index (χ1n) is 9.37. The first-order valence-corrected chi connectivity index (χ1v) is 9.37. The molecule has 0 fully saturated rings. The minimum Gasteiger partial charge on any atom is -0.377 e. The van der Waals surface area contributed by atoms with E-state index in [1.807, 2.05) is 36.4 Å². The Labute approximate surface area is 174 Å². The van der Waals surface area contributed by atoms with Gasteiger partial charge in [0.1, 0.15) is 0 Å². The van der Waals surface area contributed by atoms with Crippen molar-refractivity contribution in [3.05, 3.63) is 60.7 Å². The van der Waals surface area contributed by atoms with Gasteiger partial charge in [0.25, 0.3) is 0 Å². The minimum atomic E-state index is -0.462. The fraction of sp³-hybridized carbons (Fsp3) is 0.300. The highest BCUT2D eigenvalue weighted by molar-refractivity contribution is 5.88. The van der Waals surface area contributed by atoms with Crippen molar-refractivity contribution in [1.29, 1.82) is 0 Å². The van der Waals surface area contributed by atoms with E-state index in [9.17, 15) is 9.59 Å². The molecule has 0 atom stereocenters. The number of hydrogen-bond acceptors (Lipinski definition) is 6. The smallest absolute Gasteiger partial charge is 0.343 e. The molecule has 0 radical (unpaired) electrons. The molecule has 30 heavy (non-hydrogen) atoms. The molecule has 2 rings (SSSR count). The van der Waals surface area contributed by atoms with Gasteiger partial charge < -0.3 is 20.1 Å². The molecular weight excluding hydrogens is 392 g/mol. The second-order valence-corrected chi connectivity index (χ2v) is 5.77. The van der Waals surface area contributed by atoms with Crippen LogP contribution in [0.4, 0.5) is 21.0 Å². The van der Waals surface area contributed by atoms with E-state index < -0.39 is 12.1 Å². The standard InChI is InChI=1S/C20H26N4O6/c25-19(21-17-7-3-1-4-8-17)23-29-15-13-27-11-12-28-14-16-30-24-20(26)22-18-9-5-2-6-10-18/h1-10H,11-16H2,(H2,21,23,25)(H2,22,24,26). The van der Waals surface area contributed by atoms with Crippen molar-refractivity contribution in [2.24, 2.45) is 0 Å². The molecular formula is C20H26N4O6. The van der Waals surface area contributed by atoms with Crippen molar-refractivity contribution in [2.75, 3.05) is 50.3 Å². The Morgan fingerprint density at radius 2 is 0.933 bits per heavy atom. The zero-order chi connectivity index (χ0) is 21.3. The van der Waals surface area contributed by atoms with E-state index >= 15 is 0 Å². The van der Waals surface area contributed by atoms with Gasteiger partial charge in [-0.05, 0) is 24.3 Å². The molecule has 0 aromatic heterocycles. The van der Waals surface area contributed by atoms with Gasteiger partial charge >= 0.3 is 12.1 Å². The molecule has 0 saturated heterocycles. The maximum atomic E-state index is 11.6. The number of carbonyl (C=O) groups is 2. The molecule has 0 aliphatic rings. The topological polar surface area (TPSA) is 119 Å². The third-order valence-corrected chi connectivity index (χ3v) is 3.42. The fourth-order valence-electron chi connectivity index (χ4n) is 2.11. The van der Waals surface area contributed by atoms with Gasteiger partial charge in [0, 0.05) is 11.4 Å². The molecule has 0 aliphatic heterocycles. The second kappa shape index (κ2) is 14.8. The number of amides is 4. The Morgan fingerprint density at radius 3 is 1.33 bits per heavy atom. The quantitative estimate of drug-likeness (QED) is 0.293. The highest BCUT2D eigenvalue weighted by Gasteiger charge is 2.01. The lowest BCUT2D eigenvalue weighted by Gasteiger charge is -2.09. The van der Waals surface area contributed by atoms with E-state index in [1.165, 1.54) is 0 Å². The Bertz CT molecular complexity index is 669. The summed E-state index contributed by atoms with van der Waals surface area (Å²) in [7, 11) is 0. The first kappa shape index (κ1) is 23.1. The number of hydroxylamine groups is 2. The van der Waals surface area contributed by atoms with Gasteiger partial charge in [0.05, 0.1) is 39.6 Å². The Hall–Kier alpha value is -3.18. The molecule has 2 aromatic carbocycles. The molecule has 0 aliphatic carbocycles. The Kier molecular flexibility index (Phi) is 11.4. The van der Waals surface area contributed by atoms with E-state index in [4.69, 9.17) is 19.1 Å². The summed E-state index contributed by atoms with van der Waals surface area (Å²) >= 11 is 0. The number of ether oxygens (including phenoxy) is 2. The maximum Gasteiger partial charge on any atom is 0.343 e. The summed E-state index contributed by atoms with van der Waals surface area (Å²) in [5, 5.41) is 5.24. The lowest BCUT2D eigenvalue weighted by atomic mass is 10.3. The third-order valence-electron chi connectivity index (χ3n) is 3.42. The van der Waals surface area contributed by atoms with Crippen LogP contribution in [0.1, 0.15) is 0 Å². The zero-order valence-electron chi connectivity index (χ0n) is 16.5. The van der Waals surface area contributed by atoms with E-state index in [2.05, 4.69) is 21.6 Å². The van der Waals surface area contributed by atoms with Gasteiger partial charge in [-0.3, -0.25) is 9.68 Å². The number of carbonyl (C=O) groups excluding carboxylic acids is 2. The van der Waals surface area contributed by atoms with Gasteiger partial charge in [-0.1, -0.05) is 36.4 Å². The van der Waals surface area contributed by atoms with E-state index in [0.717, 1.165) is 0 Å². The predicted molar refractivity (Wildman–Crippen MR) is 111 cm³/mol. The van der Waals surface area contributed by atoms with E-state index in [1.54, 1.807) is 24.3 Å². The molecule has 4 N–H and O–H groups in total. The first-order chi connectivity index (χ1) is 14.7. The van der Waals surface area contributed by atoms with Crippen LogP contribution >= 0.6 is 0 Å². The molecule has 4 amide bonds. The summed E-state index contributed by atoms with van der Waals surface area (Å²) in [6, 6.07) is 17.1. The molecule has 0 saturated carbocycles. The second-order valence-electron chi connectivity index (χ2n) is 5.77. The summed E-state index contributed by atoms with van der Waals surface area (Å²) in [6.45, 7) is 1.72. The number of urea groups is 2. The maximum absolute atomic E-state index is 11.6. The molecule has 162 valence electrons. The predicted octanol–water partition coefficient (Wildman–Crippen LogP) is 2.53. The average Bonchev–Trinajstić information content (AvgIpc) is 2.76. The van der Waals surface area contributed by atoms with Gasteiger partial charge in [-0.15, -0.1) is 0 Å². The normalized spacial score (nSPS) is 10.3. The molecule has 0 unspecified atom stereocenters. The highest BCUT2D eigenvalue weighted by Crippen LogP contribution is 2.04. The van der Waals surface area contributed by atoms with Crippen molar-refractivity contribution in [3.8, 4) is 0 Å². The summed E-state index contributed by atoms with van der Waals surface area (Å²) in [5.74, 6) is 0. The molecule has 0 spiro atoms. The van der Waals surface area contributed by atoms with E-state index in [-0.39, 0.29) is 13.2 Å². The van der Waals surface area contributed by atoms with Crippen LogP contribution in [0.25, 0.3) is 0 Å². The molecule has 2 aromatic rings. The van der Waals surface area contributed by atoms with Crippen LogP contribution in [0.2, 0.25) is 0 Å². The van der Waals surface area contributed by atoms with Crippen molar-refractivity contribution in [3.63, 3.8) is 0 Å². The summed E-state index contributed by atoms with van der Waals surface area (Å²) in [4.78, 5) is 33.1. The fourth-order valence-corrected chi connectivity index (χ4v) is 2.11. The number of anilines is 2. The third kappa shape index (κ3) is 11.0. The van der Waals surface area contributed by atoms with Crippen molar-refractivity contribution in [1.82, 2.24) is 11.0 Å². The monoisotopic (exact) mass is 418 g/mol. The van der Waals surface area contributed by atoms with Crippen LogP contribution < -0.4 is 21.6 Å². The average molecular weight is 418 g/mol. The number of para-hydroxylation sites is 2. The van der Waals surface area contributed by atoms with Crippen LogP contribution in [0.5, 0.6) is 0 Å². The number of nitrogens with one attached hydrogen (secondary N) is 4. The lowest BCUT2D eigenvalue weighted by Crippen LogP contribution is -2.30. The Balaban J connectivity index is 1.33. The van der Waals surface area contributed by atoms with Crippen LogP contribution in [0.3, 0.4) is 0 Å². The van der Waals surface area contributed by atoms with Crippen LogP contribution in [-0.4, -0.2) is 51.7 Å². The van der Waals surface area contributed by atoms with Gasteiger partial charge in [-0.2, -0.15) is 0 Å². The van der Waals surface area contributed by atoms with Crippen molar-refractivity contribution >= 4 is 23.4 Å². The Morgan fingerprint density at radius 1 is 0.567 bits per heavy atom. The number of hydrogen-bond donors (Lipinski definition) is 4. The van der Waals surface area contributed by atoms with Crippen molar-refractivity contribution < 1.29 is 28.7 Å². The van der Waals surface area contributed by atoms with Crippen molar-refractivity contribution in [2.45, 2.75) is 0 Å². The van der Waals surface area contributed by atoms with Crippen LogP contribution in [0.15, 0.2) is 60.7 Å². The summed E-state index contributed by atoms with van der Waals surface area (Å²) in [6.07, 6.45) is 0. The molecule has 10 nitrogen and oxygen atoms in total. The zero-order valence-corrected chi connectivity index (χ0v) is 16.5. The van der Waals surface area contributed by atoms with E-state index in [0.29, 0.717) is 37.8 Å². The number of benzene rings is 2.